The fourth-order valence-corrected chi connectivity index (χ4v) is 2.89. The van der Waals surface area contributed by atoms with Crippen LogP contribution in [0.2, 0.25) is 0 Å². The van der Waals surface area contributed by atoms with Crippen LogP contribution in [0.25, 0.3) is 0 Å². The summed E-state index contributed by atoms with van der Waals surface area (Å²) in [6, 6.07) is 5.33. The maximum Gasteiger partial charge on any atom is 0.490 e. The van der Waals surface area contributed by atoms with Crippen molar-refractivity contribution in [2.45, 2.75) is 18.8 Å². The molecule has 3 rings (SSSR count). The van der Waals surface area contributed by atoms with Gasteiger partial charge in [-0.1, -0.05) is 12.1 Å². The van der Waals surface area contributed by atoms with Crippen molar-refractivity contribution < 1.29 is 42.1 Å². The molecule has 10 nitrogen and oxygen atoms in total. The summed E-state index contributed by atoms with van der Waals surface area (Å²) in [5, 5.41) is 19.8. The molecule has 2 heterocycles. The van der Waals surface area contributed by atoms with Crippen molar-refractivity contribution in [1.29, 1.82) is 0 Å². The third-order valence-electron chi connectivity index (χ3n) is 4.82. The lowest BCUT2D eigenvalue weighted by Crippen LogP contribution is -2.41. The molecule has 1 aromatic carbocycles. The number of hydrogen-bond acceptors (Lipinski definition) is 7. The predicted molar refractivity (Wildman–Crippen MR) is 109 cm³/mol. The first kappa shape index (κ1) is 26.7. The summed E-state index contributed by atoms with van der Waals surface area (Å²) in [7, 11) is 3.37. The molecule has 1 aliphatic rings. The van der Waals surface area contributed by atoms with Crippen molar-refractivity contribution in [2.75, 3.05) is 26.8 Å². The van der Waals surface area contributed by atoms with Gasteiger partial charge in [-0.25, -0.2) is 14.2 Å². The first-order chi connectivity index (χ1) is 15.8. The molecule has 0 spiro atoms. The molecule has 186 valence electrons. The Morgan fingerprint density at radius 1 is 1.24 bits per heavy atom. The molecular weight excluding hydrogens is 468 g/mol. The lowest BCUT2D eigenvalue weighted by molar-refractivity contribution is -0.192. The summed E-state index contributed by atoms with van der Waals surface area (Å²) in [5.41, 5.74) is -0.367. The minimum atomic E-state index is -5.08. The minimum absolute atomic E-state index is 0.108. The SMILES string of the molecule is CN1CCOCC1c1nc(C(=O)NCc2ccc(F)cc2)c(O)c(=O)n1C.O=C(O)C(F)(F)F. The molecule has 0 saturated carbocycles. The summed E-state index contributed by atoms with van der Waals surface area (Å²) in [6.07, 6.45) is -5.08. The Hall–Kier alpha value is -3.52. The van der Waals surface area contributed by atoms with Gasteiger partial charge in [0, 0.05) is 20.1 Å². The quantitative estimate of drug-likeness (QED) is 0.545. The number of carbonyl (C=O) groups is 2. The van der Waals surface area contributed by atoms with Crippen molar-refractivity contribution in [1.82, 2.24) is 19.8 Å². The van der Waals surface area contributed by atoms with Gasteiger partial charge in [-0.05, 0) is 24.7 Å². The number of nitrogens with zero attached hydrogens (tertiary/aromatic N) is 3. The van der Waals surface area contributed by atoms with E-state index in [9.17, 15) is 32.3 Å². The fourth-order valence-electron chi connectivity index (χ4n) is 2.89. The largest absolute Gasteiger partial charge is 0.501 e. The van der Waals surface area contributed by atoms with Crippen LogP contribution in [-0.4, -0.2) is 69.5 Å². The van der Waals surface area contributed by atoms with Crippen LogP contribution >= 0.6 is 0 Å². The van der Waals surface area contributed by atoms with Gasteiger partial charge in [0.25, 0.3) is 11.5 Å². The Labute approximate surface area is 190 Å². The first-order valence-electron chi connectivity index (χ1n) is 9.73. The Morgan fingerprint density at radius 2 is 1.82 bits per heavy atom. The zero-order valence-corrected chi connectivity index (χ0v) is 18.1. The molecule has 1 fully saturated rings. The van der Waals surface area contributed by atoms with Crippen molar-refractivity contribution in [3.63, 3.8) is 0 Å². The number of aliphatic carboxylic acids is 1. The van der Waals surface area contributed by atoms with E-state index in [0.29, 0.717) is 31.1 Å². The highest BCUT2D eigenvalue weighted by Crippen LogP contribution is 2.22. The van der Waals surface area contributed by atoms with Crippen LogP contribution in [0.4, 0.5) is 17.6 Å². The molecule has 0 radical (unpaired) electrons. The van der Waals surface area contributed by atoms with Crippen LogP contribution in [0.3, 0.4) is 0 Å². The Kier molecular flexibility index (Phi) is 8.70. The van der Waals surface area contributed by atoms with E-state index < -0.39 is 29.4 Å². The molecule has 1 unspecified atom stereocenters. The standard InChI is InChI=1S/C18H21FN4O4.C2HF3O2/c1-22-7-8-27-10-13(22)16-21-14(15(24)18(26)23(16)2)17(25)20-9-11-3-5-12(19)6-4-11;3-2(4,5)1(6)7/h3-6,13,24H,7-10H2,1-2H3,(H,20,25);(H,6,7). The van der Waals surface area contributed by atoms with E-state index in [4.69, 9.17) is 14.6 Å². The number of ether oxygens (including phenoxy) is 1. The van der Waals surface area contributed by atoms with Crippen LogP contribution in [0.1, 0.15) is 27.9 Å². The maximum absolute atomic E-state index is 13.0. The highest BCUT2D eigenvalue weighted by molar-refractivity contribution is 5.94. The van der Waals surface area contributed by atoms with Crippen LogP contribution in [0.15, 0.2) is 29.1 Å². The number of carboxylic acid groups (broad SMARTS) is 1. The van der Waals surface area contributed by atoms with Crippen molar-refractivity contribution in [3.05, 3.63) is 57.5 Å². The zero-order valence-electron chi connectivity index (χ0n) is 18.1. The fraction of sp³-hybridized carbons (Fsp3) is 0.400. The topological polar surface area (TPSA) is 134 Å². The molecule has 14 heteroatoms. The average molecular weight is 490 g/mol. The molecule has 2 aromatic rings. The summed E-state index contributed by atoms with van der Waals surface area (Å²) in [4.78, 5) is 40.0. The molecular formula is C20H22F4N4O6. The van der Waals surface area contributed by atoms with Crippen LogP contribution < -0.4 is 10.9 Å². The second kappa shape index (κ2) is 11.1. The van der Waals surface area contributed by atoms with E-state index in [0.717, 1.165) is 0 Å². The Balaban J connectivity index is 0.000000509. The van der Waals surface area contributed by atoms with E-state index >= 15 is 0 Å². The number of rotatable bonds is 4. The third kappa shape index (κ3) is 6.74. The first-order valence-corrected chi connectivity index (χ1v) is 9.73. The normalized spacial score (nSPS) is 16.4. The number of carboxylic acids is 1. The van der Waals surface area contributed by atoms with Gasteiger partial charge < -0.3 is 20.3 Å². The number of hydrogen-bond donors (Lipinski definition) is 3. The van der Waals surface area contributed by atoms with E-state index in [1.807, 2.05) is 11.9 Å². The van der Waals surface area contributed by atoms with Gasteiger partial charge in [-0.15, -0.1) is 0 Å². The number of carbonyl (C=O) groups excluding carboxylic acids is 1. The smallest absolute Gasteiger partial charge is 0.490 e. The van der Waals surface area contributed by atoms with Gasteiger partial charge in [0.2, 0.25) is 5.75 Å². The number of aromatic hydroxyl groups is 1. The number of morpholine rings is 1. The van der Waals surface area contributed by atoms with E-state index in [1.54, 1.807) is 0 Å². The Bertz CT molecular complexity index is 1090. The van der Waals surface area contributed by atoms with Crippen molar-refractivity contribution >= 4 is 11.9 Å². The van der Waals surface area contributed by atoms with Gasteiger partial charge in [0.05, 0.1) is 19.3 Å². The molecule has 1 aliphatic heterocycles. The molecule has 1 amide bonds. The average Bonchev–Trinajstić information content (AvgIpc) is 2.77. The molecule has 1 aromatic heterocycles. The van der Waals surface area contributed by atoms with E-state index in [2.05, 4.69) is 10.3 Å². The highest BCUT2D eigenvalue weighted by Gasteiger charge is 2.38. The molecule has 0 bridgehead atoms. The summed E-state index contributed by atoms with van der Waals surface area (Å²) in [5.74, 6) is -4.19. The van der Waals surface area contributed by atoms with Crippen LogP contribution in [0.5, 0.6) is 5.75 Å². The number of likely N-dealkylation sites (N-methyl/N-ethyl adjacent to an activating group) is 1. The number of amides is 1. The van der Waals surface area contributed by atoms with Gasteiger partial charge >= 0.3 is 12.1 Å². The van der Waals surface area contributed by atoms with Crippen LogP contribution in [-0.2, 0) is 23.1 Å². The lowest BCUT2D eigenvalue weighted by Gasteiger charge is -2.32. The predicted octanol–water partition coefficient (Wildman–Crippen LogP) is 1.19. The molecule has 0 aliphatic carbocycles. The third-order valence-corrected chi connectivity index (χ3v) is 4.82. The second-order valence-electron chi connectivity index (χ2n) is 7.21. The number of nitrogens with one attached hydrogen (secondary N) is 1. The Morgan fingerprint density at radius 3 is 2.35 bits per heavy atom. The maximum atomic E-state index is 13.0. The number of alkyl halides is 3. The van der Waals surface area contributed by atoms with Gasteiger partial charge in [0.1, 0.15) is 11.6 Å². The van der Waals surface area contributed by atoms with E-state index in [-0.39, 0.29) is 24.1 Å². The summed E-state index contributed by atoms with van der Waals surface area (Å²) < 4.78 is 51.4. The van der Waals surface area contributed by atoms with Gasteiger partial charge in [-0.2, -0.15) is 13.2 Å². The molecule has 34 heavy (non-hydrogen) atoms. The monoisotopic (exact) mass is 490 g/mol. The molecule has 3 N–H and O–H groups in total. The van der Waals surface area contributed by atoms with Crippen molar-refractivity contribution in [2.24, 2.45) is 7.05 Å². The number of benzene rings is 1. The zero-order chi connectivity index (χ0) is 25.6. The summed E-state index contributed by atoms with van der Waals surface area (Å²) in [6.45, 7) is 1.67. The van der Waals surface area contributed by atoms with Crippen molar-refractivity contribution in [3.8, 4) is 5.75 Å². The van der Waals surface area contributed by atoms with Crippen LogP contribution in [0, 0.1) is 5.82 Å². The summed E-state index contributed by atoms with van der Waals surface area (Å²) >= 11 is 0. The lowest BCUT2D eigenvalue weighted by atomic mass is 10.2. The number of halogens is 4. The minimum Gasteiger partial charge on any atom is -0.501 e. The van der Waals surface area contributed by atoms with Gasteiger partial charge in [-0.3, -0.25) is 19.1 Å². The highest BCUT2D eigenvalue weighted by atomic mass is 19.4. The van der Waals surface area contributed by atoms with Gasteiger partial charge in [0.15, 0.2) is 5.69 Å². The second-order valence-corrected chi connectivity index (χ2v) is 7.21. The number of aromatic nitrogens is 2. The van der Waals surface area contributed by atoms with E-state index in [1.165, 1.54) is 35.9 Å². The molecule has 1 saturated heterocycles. The molecule has 1 atom stereocenters.